The second kappa shape index (κ2) is 9.94. The number of anilines is 3. The van der Waals surface area contributed by atoms with Crippen LogP contribution in [-0.2, 0) is 31.4 Å². The van der Waals surface area contributed by atoms with Crippen molar-refractivity contribution in [2.75, 3.05) is 20.9 Å². The Morgan fingerprint density at radius 1 is 0.895 bits per heavy atom. The van der Waals surface area contributed by atoms with Crippen molar-refractivity contribution in [3.63, 3.8) is 0 Å². The summed E-state index contributed by atoms with van der Waals surface area (Å²) in [6.07, 6.45) is 2.58. The van der Waals surface area contributed by atoms with Gasteiger partial charge in [0.05, 0.1) is 34.7 Å². The van der Waals surface area contributed by atoms with Crippen LogP contribution >= 0.6 is 0 Å². The van der Waals surface area contributed by atoms with Gasteiger partial charge in [0.1, 0.15) is 6.54 Å². The van der Waals surface area contributed by atoms with E-state index in [-0.39, 0.29) is 17.9 Å². The first-order chi connectivity index (χ1) is 17.8. The molecule has 2 N–H and O–H groups in total. The van der Waals surface area contributed by atoms with Gasteiger partial charge in [-0.05, 0) is 48.0 Å². The van der Waals surface area contributed by atoms with Crippen LogP contribution < -0.4 is 14.3 Å². The zero-order valence-electron chi connectivity index (χ0n) is 19.1. The van der Waals surface area contributed by atoms with Gasteiger partial charge in [0.2, 0.25) is 0 Å². The Hall–Kier alpha value is -4.18. The summed E-state index contributed by atoms with van der Waals surface area (Å²) in [6.45, 7) is -0.633. The first-order valence-electron chi connectivity index (χ1n) is 10.6. The highest BCUT2D eigenvalue weighted by molar-refractivity contribution is 7.94. The van der Waals surface area contributed by atoms with Crippen molar-refractivity contribution in [3.8, 4) is 0 Å². The molecule has 16 heteroatoms. The fourth-order valence-electron chi connectivity index (χ4n) is 3.53. The minimum Gasteiger partial charge on any atom is -0.310 e. The van der Waals surface area contributed by atoms with E-state index in [9.17, 15) is 39.6 Å². The maximum atomic E-state index is 13.0. The second-order valence-corrected chi connectivity index (χ2v) is 11.3. The fraction of sp³-hybridized carbons (Fsp3) is 0.136. The molecule has 3 amide bonds. The normalized spacial score (nSPS) is 14.6. The van der Waals surface area contributed by atoms with Crippen LogP contribution in [0.1, 0.15) is 5.56 Å². The van der Waals surface area contributed by atoms with Gasteiger partial charge in [-0.1, -0.05) is 18.2 Å². The molecule has 0 aliphatic carbocycles. The van der Waals surface area contributed by atoms with Crippen molar-refractivity contribution in [1.29, 1.82) is 0 Å². The van der Waals surface area contributed by atoms with Crippen LogP contribution in [-0.4, -0.2) is 50.7 Å². The number of nitrogens with one attached hydrogen (secondary N) is 2. The predicted octanol–water partition coefficient (Wildman–Crippen LogP) is 3.11. The molecule has 0 spiro atoms. The maximum absolute atomic E-state index is 13.0. The number of amides is 3. The number of carbonyl (C=O) groups excluding carboxylic acids is 2. The van der Waals surface area contributed by atoms with Gasteiger partial charge < -0.3 is 4.90 Å². The Kier molecular flexibility index (Phi) is 7.03. The number of halogens is 3. The number of carbonyl (C=O) groups is 2. The molecule has 2 aromatic carbocycles. The maximum Gasteiger partial charge on any atom is 0.501 e. The van der Waals surface area contributed by atoms with Crippen LogP contribution in [0.3, 0.4) is 0 Å². The number of para-hydroxylation sites is 1. The van der Waals surface area contributed by atoms with Crippen molar-refractivity contribution >= 4 is 49.0 Å². The van der Waals surface area contributed by atoms with Crippen molar-refractivity contribution in [2.24, 2.45) is 0 Å². The van der Waals surface area contributed by atoms with E-state index in [1.54, 1.807) is 18.2 Å². The molecule has 0 atom stereocenters. The number of alkyl halides is 3. The monoisotopic (exact) mass is 569 g/mol. The molecule has 1 fully saturated rings. The standard InChI is InChI=1S/C22H18F3N5O6S2/c23-22(24,25)37(33,34)18-8-6-17(7-9-18)30-20(31)14-29(21(30)32)13-15-10-11-26-12-19(15)28-38(35,36)27-16-4-2-1-3-5-16/h1-12,27-28H,13-14H2. The summed E-state index contributed by atoms with van der Waals surface area (Å²) in [7, 11) is -9.70. The summed E-state index contributed by atoms with van der Waals surface area (Å²) < 4.78 is 91.3. The molecule has 200 valence electrons. The number of sulfone groups is 1. The zero-order valence-corrected chi connectivity index (χ0v) is 20.7. The molecular formula is C22H18F3N5O6S2. The SMILES string of the molecule is O=C1CN(Cc2ccncc2NS(=O)(=O)Nc2ccccc2)C(=O)N1c1ccc(S(=O)(=O)C(F)(F)F)cc1. The van der Waals surface area contributed by atoms with E-state index in [1.165, 1.54) is 30.6 Å². The van der Waals surface area contributed by atoms with Crippen molar-refractivity contribution in [3.05, 3.63) is 78.6 Å². The van der Waals surface area contributed by atoms with Gasteiger partial charge in [-0.25, -0.2) is 18.1 Å². The van der Waals surface area contributed by atoms with E-state index in [0.29, 0.717) is 28.3 Å². The number of imide groups is 1. The quantitative estimate of drug-likeness (QED) is 0.397. The van der Waals surface area contributed by atoms with Gasteiger partial charge >= 0.3 is 21.7 Å². The molecular weight excluding hydrogens is 551 g/mol. The average molecular weight is 570 g/mol. The topological polar surface area (TPSA) is 146 Å². The number of benzene rings is 2. The van der Waals surface area contributed by atoms with Gasteiger partial charge in [-0.2, -0.15) is 21.6 Å². The summed E-state index contributed by atoms with van der Waals surface area (Å²) in [5.41, 5.74) is -5.00. The minimum atomic E-state index is -5.60. The Balaban J connectivity index is 1.51. The van der Waals surface area contributed by atoms with Crippen molar-refractivity contribution in [1.82, 2.24) is 9.88 Å². The van der Waals surface area contributed by atoms with E-state index in [1.807, 2.05) is 0 Å². The van der Waals surface area contributed by atoms with Crippen LogP contribution in [0.5, 0.6) is 0 Å². The average Bonchev–Trinajstić information content (AvgIpc) is 3.12. The van der Waals surface area contributed by atoms with Crippen LogP contribution in [0.15, 0.2) is 78.0 Å². The molecule has 0 radical (unpaired) electrons. The molecule has 38 heavy (non-hydrogen) atoms. The van der Waals surface area contributed by atoms with Gasteiger partial charge in [0.25, 0.3) is 15.7 Å². The number of hydrogen-bond donors (Lipinski definition) is 2. The molecule has 1 aromatic heterocycles. The molecule has 1 aliphatic rings. The van der Waals surface area contributed by atoms with Gasteiger partial charge in [0, 0.05) is 6.20 Å². The smallest absolute Gasteiger partial charge is 0.310 e. The van der Waals surface area contributed by atoms with Gasteiger partial charge in [-0.15, -0.1) is 0 Å². The lowest BCUT2D eigenvalue weighted by Gasteiger charge is -2.19. The highest BCUT2D eigenvalue weighted by Gasteiger charge is 2.47. The molecule has 0 saturated carbocycles. The van der Waals surface area contributed by atoms with Gasteiger partial charge in [-0.3, -0.25) is 19.2 Å². The van der Waals surface area contributed by atoms with Crippen LogP contribution in [0, 0.1) is 0 Å². The Bertz CT molecular complexity index is 1580. The lowest BCUT2D eigenvalue weighted by atomic mass is 10.2. The molecule has 1 aliphatic heterocycles. The zero-order chi connectivity index (χ0) is 27.7. The molecule has 1 saturated heterocycles. The third-order valence-electron chi connectivity index (χ3n) is 5.29. The molecule has 3 aromatic rings. The first-order valence-corrected chi connectivity index (χ1v) is 13.6. The fourth-order valence-corrected chi connectivity index (χ4v) is 5.26. The van der Waals surface area contributed by atoms with E-state index >= 15 is 0 Å². The Labute approximate surface area is 215 Å². The second-order valence-electron chi connectivity index (χ2n) is 7.92. The number of pyridine rings is 1. The van der Waals surface area contributed by atoms with Gasteiger partial charge in [0.15, 0.2) is 0 Å². The number of rotatable bonds is 8. The van der Waals surface area contributed by atoms with Crippen LogP contribution in [0.2, 0.25) is 0 Å². The lowest BCUT2D eigenvalue weighted by Crippen LogP contribution is -2.33. The van der Waals surface area contributed by atoms with E-state index in [0.717, 1.165) is 17.0 Å². The first kappa shape index (κ1) is 26.9. The third-order valence-corrected chi connectivity index (χ3v) is 7.79. The highest BCUT2D eigenvalue weighted by atomic mass is 32.2. The van der Waals surface area contributed by atoms with Crippen molar-refractivity contribution < 1.29 is 39.6 Å². The highest BCUT2D eigenvalue weighted by Crippen LogP contribution is 2.32. The summed E-state index contributed by atoms with van der Waals surface area (Å²) in [6, 6.07) is 11.8. The summed E-state index contributed by atoms with van der Waals surface area (Å²) in [5.74, 6) is -0.719. The van der Waals surface area contributed by atoms with E-state index in [2.05, 4.69) is 14.4 Å². The Morgan fingerprint density at radius 2 is 1.55 bits per heavy atom. The lowest BCUT2D eigenvalue weighted by molar-refractivity contribution is -0.116. The molecule has 2 heterocycles. The van der Waals surface area contributed by atoms with Crippen LogP contribution in [0.25, 0.3) is 0 Å². The summed E-state index contributed by atoms with van der Waals surface area (Å²) in [4.78, 5) is 30.2. The number of urea groups is 1. The third kappa shape index (κ3) is 5.55. The molecule has 0 bridgehead atoms. The summed E-state index contributed by atoms with van der Waals surface area (Å²) >= 11 is 0. The largest absolute Gasteiger partial charge is 0.501 e. The molecule has 11 nitrogen and oxygen atoms in total. The number of aromatic nitrogens is 1. The molecule has 4 rings (SSSR count). The van der Waals surface area contributed by atoms with E-state index < -0.39 is 48.9 Å². The summed E-state index contributed by atoms with van der Waals surface area (Å²) in [5, 5.41) is 0. The number of nitrogens with zero attached hydrogens (tertiary/aromatic N) is 3. The molecule has 0 unspecified atom stereocenters. The predicted molar refractivity (Wildman–Crippen MR) is 130 cm³/mol. The van der Waals surface area contributed by atoms with E-state index in [4.69, 9.17) is 0 Å². The van der Waals surface area contributed by atoms with Crippen molar-refractivity contribution in [2.45, 2.75) is 16.9 Å². The number of hydrogen-bond acceptors (Lipinski definition) is 7. The van der Waals surface area contributed by atoms with Crippen LogP contribution in [0.4, 0.5) is 35.0 Å². The minimum absolute atomic E-state index is 0.0383. The Morgan fingerprint density at radius 3 is 2.18 bits per heavy atom.